The summed E-state index contributed by atoms with van der Waals surface area (Å²) in [4.78, 5) is 4.49. The van der Waals surface area contributed by atoms with Gasteiger partial charge in [-0.3, -0.25) is 0 Å². The highest BCUT2D eigenvalue weighted by Crippen LogP contribution is 2.42. The predicted octanol–water partition coefficient (Wildman–Crippen LogP) is 3.34. The fourth-order valence-corrected chi connectivity index (χ4v) is 3.37. The smallest absolute Gasteiger partial charge is 0.142 e. The zero-order chi connectivity index (χ0) is 17.3. The van der Waals surface area contributed by atoms with Crippen LogP contribution in [0.3, 0.4) is 0 Å². The molecule has 0 radical (unpaired) electrons. The molecule has 5 nitrogen and oxygen atoms in total. The second kappa shape index (κ2) is 6.40. The van der Waals surface area contributed by atoms with Crippen molar-refractivity contribution in [1.82, 2.24) is 4.98 Å². The first-order valence-electron chi connectivity index (χ1n) is 8.02. The lowest BCUT2D eigenvalue weighted by atomic mass is 9.82. The summed E-state index contributed by atoms with van der Waals surface area (Å²) in [5.74, 6) is 2.23. The fourth-order valence-electron chi connectivity index (χ4n) is 3.37. The number of hydrogen-bond acceptors (Lipinski definition) is 5. The minimum absolute atomic E-state index is 0.283. The van der Waals surface area contributed by atoms with Crippen LogP contribution in [0, 0.1) is 17.2 Å². The molecule has 5 heteroatoms. The lowest BCUT2D eigenvalue weighted by molar-refractivity contribution is 0.404. The molecule has 124 valence electrons. The van der Waals surface area contributed by atoms with Crippen LogP contribution >= 0.6 is 0 Å². The second-order valence-corrected chi connectivity index (χ2v) is 6.20. The van der Waals surface area contributed by atoms with E-state index in [1.807, 2.05) is 18.2 Å². The van der Waals surface area contributed by atoms with E-state index in [0.29, 0.717) is 23.0 Å². The number of ether oxygens (including phenoxy) is 2. The highest BCUT2D eigenvalue weighted by atomic mass is 16.5. The molecule has 0 saturated carbocycles. The maximum Gasteiger partial charge on any atom is 0.142 e. The molecule has 0 aliphatic heterocycles. The molecule has 1 heterocycles. The van der Waals surface area contributed by atoms with Gasteiger partial charge in [-0.2, -0.15) is 5.26 Å². The van der Waals surface area contributed by atoms with Gasteiger partial charge < -0.3 is 15.2 Å². The maximum atomic E-state index is 9.68. The van der Waals surface area contributed by atoms with Gasteiger partial charge in [-0.1, -0.05) is 6.92 Å². The Morgan fingerprint density at radius 2 is 2.08 bits per heavy atom. The molecule has 24 heavy (non-hydrogen) atoms. The van der Waals surface area contributed by atoms with Gasteiger partial charge in [-0.25, -0.2) is 4.98 Å². The highest BCUT2D eigenvalue weighted by molar-refractivity contribution is 5.83. The van der Waals surface area contributed by atoms with Gasteiger partial charge in [-0.15, -0.1) is 0 Å². The number of fused-ring (bicyclic) bond motifs is 1. The van der Waals surface area contributed by atoms with Crippen LogP contribution in [0.15, 0.2) is 18.2 Å². The fraction of sp³-hybridized carbons (Fsp3) is 0.368. The zero-order valence-corrected chi connectivity index (χ0v) is 14.2. The van der Waals surface area contributed by atoms with E-state index in [1.54, 1.807) is 14.2 Å². The molecular formula is C19H21N3O2. The van der Waals surface area contributed by atoms with E-state index in [4.69, 9.17) is 15.2 Å². The van der Waals surface area contributed by atoms with Crippen molar-refractivity contribution in [2.24, 2.45) is 5.92 Å². The van der Waals surface area contributed by atoms with Gasteiger partial charge in [-0.05, 0) is 48.9 Å². The lowest BCUT2D eigenvalue weighted by Gasteiger charge is -2.25. The van der Waals surface area contributed by atoms with Crippen molar-refractivity contribution in [3.05, 3.63) is 35.0 Å². The first kappa shape index (κ1) is 16.1. The Morgan fingerprint density at radius 3 is 2.75 bits per heavy atom. The van der Waals surface area contributed by atoms with Crippen molar-refractivity contribution in [1.29, 1.82) is 5.26 Å². The molecule has 1 unspecified atom stereocenters. The average Bonchev–Trinajstić information content (AvgIpc) is 2.60. The number of methoxy groups -OCH3 is 2. The van der Waals surface area contributed by atoms with E-state index in [2.05, 4.69) is 18.0 Å². The van der Waals surface area contributed by atoms with Crippen molar-refractivity contribution >= 4 is 5.82 Å². The molecule has 0 fully saturated rings. The van der Waals surface area contributed by atoms with Gasteiger partial charge in [0.05, 0.1) is 14.2 Å². The molecule has 2 N–H and O–H groups in total. The monoisotopic (exact) mass is 323 g/mol. The summed E-state index contributed by atoms with van der Waals surface area (Å²) in [5, 5.41) is 9.68. The average molecular weight is 323 g/mol. The van der Waals surface area contributed by atoms with Crippen molar-refractivity contribution in [2.45, 2.75) is 26.2 Å². The number of rotatable bonds is 3. The number of pyridine rings is 1. The third-order valence-electron chi connectivity index (χ3n) is 4.63. The molecule has 3 rings (SSSR count). The number of anilines is 1. The molecule has 1 aliphatic carbocycles. The van der Waals surface area contributed by atoms with Crippen LogP contribution in [-0.2, 0) is 12.8 Å². The summed E-state index contributed by atoms with van der Waals surface area (Å²) < 4.78 is 10.9. The van der Waals surface area contributed by atoms with Gasteiger partial charge >= 0.3 is 0 Å². The Hall–Kier alpha value is -2.74. The van der Waals surface area contributed by atoms with Gasteiger partial charge in [0.15, 0.2) is 0 Å². The van der Waals surface area contributed by atoms with E-state index in [1.165, 1.54) is 0 Å². The van der Waals surface area contributed by atoms with Crippen LogP contribution in [0.5, 0.6) is 11.5 Å². The largest absolute Gasteiger partial charge is 0.497 e. The van der Waals surface area contributed by atoms with Crippen LogP contribution in [0.25, 0.3) is 11.1 Å². The predicted molar refractivity (Wildman–Crippen MR) is 93.1 cm³/mol. The lowest BCUT2D eigenvalue weighted by Crippen LogP contribution is -2.17. The number of nitrogen functional groups attached to an aromatic ring is 1. The molecule has 0 bridgehead atoms. The Morgan fingerprint density at radius 1 is 1.29 bits per heavy atom. The summed E-state index contributed by atoms with van der Waals surface area (Å²) in [6.45, 7) is 2.22. The summed E-state index contributed by atoms with van der Waals surface area (Å²) in [7, 11) is 3.24. The van der Waals surface area contributed by atoms with Crippen LogP contribution < -0.4 is 15.2 Å². The molecule has 1 aromatic heterocycles. The summed E-state index contributed by atoms with van der Waals surface area (Å²) in [6.07, 6.45) is 2.85. The minimum Gasteiger partial charge on any atom is -0.497 e. The van der Waals surface area contributed by atoms with Crippen LogP contribution in [0.2, 0.25) is 0 Å². The van der Waals surface area contributed by atoms with E-state index in [-0.39, 0.29) is 5.82 Å². The Kier molecular flexibility index (Phi) is 4.30. The standard InChI is InChI=1S/C19H21N3O2/c1-11-4-6-16-13(8-11)18(15(10-20)19(21)22-16)14-9-12(23-2)5-7-17(14)24-3/h5,7,9,11H,4,6,8H2,1-3H3,(H2,21,22). The molecular weight excluding hydrogens is 302 g/mol. The minimum atomic E-state index is 0.283. The van der Waals surface area contributed by atoms with Crippen LogP contribution in [0.1, 0.15) is 30.2 Å². The molecule has 1 atom stereocenters. The number of nitriles is 1. The number of aromatic nitrogens is 1. The quantitative estimate of drug-likeness (QED) is 0.937. The molecule has 0 saturated heterocycles. The first-order chi connectivity index (χ1) is 11.6. The van der Waals surface area contributed by atoms with Gasteiger partial charge in [0.1, 0.15) is 28.9 Å². The first-order valence-corrected chi connectivity index (χ1v) is 8.02. The van der Waals surface area contributed by atoms with E-state index < -0.39 is 0 Å². The maximum absolute atomic E-state index is 9.68. The van der Waals surface area contributed by atoms with Crippen molar-refractivity contribution in [2.75, 3.05) is 20.0 Å². The second-order valence-electron chi connectivity index (χ2n) is 6.20. The van der Waals surface area contributed by atoms with Gasteiger partial charge in [0.25, 0.3) is 0 Å². The summed E-state index contributed by atoms with van der Waals surface area (Å²) in [6, 6.07) is 7.82. The van der Waals surface area contributed by atoms with Crippen LogP contribution in [0.4, 0.5) is 5.82 Å². The SMILES string of the molecule is COc1ccc(OC)c(-c2c(C#N)c(N)nc3c2CC(C)CC3)c1. The highest BCUT2D eigenvalue weighted by Gasteiger charge is 2.26. The normalized spacial score (nSPS) is 16.2. The number of hydrogen-bond donors (Lipinski definition) is 1. The molecule has 2 aromatic rings. The third-order valence-corrected chi connectivity index (χ3v) is 4.63. The Balaban J connectivity index is 2.35. The van der Waals surface area contributed by atoms with Crippen molar-refractivity contribution < 1.29 is 9.47 Å². The van der Waals surface area contributed by atoms with Crippen molar-refractivity contribution in [3.8, 4) is 28.7 Å². The van der Waals surface area contributed by atoms with Crippen molar-refractivity contribution in [3.63, 3.8) is 0 Å². The number of benzene rings is 1. The molecule has 0 spiro atoms. The summed E-state index contributed by atoms with van der Waals surface area (Å²) in [5.41, 5.74) is 10.3. The molecule has 0 amide bonds. The number of nitrogens with zero attached hydrogens (tertiary/aromatic N) is 2. The number of aryl methyl sites for hydroxylation is 1. The van der Waals surface area contributed by atoms with E-state index in [9.17, 15) is 5.26 Å². The molecule has 1 aromatic carbocycles. The topological polar surface area (TPSA) is 81.2 Å². The Bertz CT molecular complexity index is 824. The van der Waals surface area contributed by atoms with E-state index in [0.717, 1.165) is 41.6 Å². The van der Waals surface area contributed by atoms with Crippen LogP contribution in [-0.4, -0.2) is 19.2 Å². The third kappa shape index (κ3) is 2.65. The zero-order valence-electron chi connectivity index (χ0n) is 14.2. The van der Waals surface area contributed by atoms with E-state index >= 15 is 0 Å². The number of nitrogens with two attached hydrogens (primary N) is 1. The summed E-state index contributed by atoms with van der Waals surface area (Å²) >= 11 is 0. The van der Waals surface area contributed by atoms with Gasteiger partial charge in [0.2, 0.25) is 0 Å². The van der Waals surface area contributed by atoms with Gasteiger partial charge in [0, 0.05) is 16.8 Å². The molecule has 1 aliphatic rings. The Labute approximate surface area is 142 Å².